The molecule has 0 saturated carbocycles. The van der Waals surface area contributed by atoms with E-state index >= 15 is 0 Å². The Labute approximate surface area is 412 Å². The minimum Gasteiger partial charge on any atom is -0.458 e. The van der Waals surface area contributed by atoms with Crippen molar-refractivity contribution in [1.82, 2.24) is 5.32 Å². The van der Waals surface area contributed by atoms with Crippen LogP contribution in [0.3, 0.4) is 0 Å². The summed E-state index contributed by atoms with van der Waals surface area (Å²) in [6, 6.07) is -0.767. The molecule has 0 aliphatic rings. The molecule has 6 nitrogen and oxygen atoms in total. The zero-order chi connectivity index (χ0) is 48.8. The number of aliphatic hydroxyl groups excluding tert-OH is 2. The Morgan fingerprint density at radius 2 is 0.806 bits per heavy atom. The number of esters is 1. The number of amides is 1. The summed E-state index contributed by atoms with van der Waals surface area (Å²) in [5.41, 5.74) is 0. The van der Waals surface area contributed by atoms with Crippen LogP contribution >= 0.6 is 0 Å². The van der Waals surface area contributed by atoms with E-state index in [0.717, 1.165) is 83.5 Å². The van der Waals surface area contributed by atoms with E-state index in [1.165, 1.54) is 77.0 Å². The van der Waals surface area contributed by atoms with Gasteiger partial charge in [-0.1, -0.05) is 245 Å². The highest BCUT2D eigenvalue weighted by molar-refractivity contribution is 5.78. The molecular weight excluding hydrogens is 827 g/mol. The third kappa shape index (κ3) is 48.3. The highest BCUT2D eigenvalue weighted by atomic mass is 16.5. The summed E-state index contributed by atoms with van der Waals surface area (Å²) in [4.78, 5) is 26.1. The van der Waals surface area contributed by atoms with Gasteiger partial charge in [0.1, 0.15) is 6.10 Å². The zero-order valence-corrected chi connectivity index (χ0v) is 43.0. The second kappa shape index (κ2) is 53.0. The van der Waals surface area contributed by atoms with Crippen molar-refractivity contribution in [2.24, 2.45) is 0 Å². The molecule has 0 bridgehead atoms. The van der Waals surface area contributed by atoms with E-state index in [0.29, 0.717) is 19.3 Å². The van der Waals surface area contributed by atoms with Crippen LogP contribution in [0.25, 0.3) is 0 Å². The Balaban J connectivity index is 4.83. The molecule has 0 aromatic heterocycles. The van der Waals surface area contributed by atoms with Crippen LogP contribution in [0.1, 0.15) is 213 Å². The van der Waals surface area contributed by atoms with Crippen molar-refractivity contribution < 1.29 is 24.5 Å². The number of unbranched alkanes of at least 4 members (excludes halogenated alkanes) is 14. The van der Waals surface area contributed by atoms with Crippen LogP contribution < -0.4 is 5.32 Å². The van der Waals surface area contributed by atoms with Gasteiger partial charge in [-0.3, -0.25) is 9.59 Å². The number of nitrogens with one attached hydrogen (secondary N) is 1. The number of rotatable bonds is 46. The van der Waals surface area contributed by atoms with Crippen LogP contribution in [0.5, 0.6) is 0 Å². The maximum atomic E-state index is 13.2. The molecule has 1 amide bonds. The molecule has 3 atom stereocenters. The molecular formula is C61H99NO5. The van der Waals surface area contributed by atoms with Crippen molar-refractivity contribution in [2.45, 2.75) is 232 Å². The predicted octanol–water partition coefficient (Wildman–Crippen LogP) is 16.6. The molecule has 0 rings (SSSR count). The van der Waals surface area contributed by atoms with Gasteiger partial charge in [-0.25, -0.2) is 0 Å². The molecule has 0 aliphatic heterocycles. The summed E-state index contributed by atoms with van der Waals surface area (Å²) in [6.45, 7) is 6.20. The van der Waals surface area contributed by atoms with Crippen molar-refractivity contribution in [3.8, 4) is 0 Å². The highest BCUT2D eigenvalue weighted by Gasteiger charge is 2.23. The molecule has 3 unspecified atom stereocenters. The quantitative estimate of drug-likeness (QED) is 0.0321. The normalized spacial score (nSPS) is 14.3. The first-order chi connectivity index (χ1) is 33.0. The topological polar surface area (TPSA) is 95.9 Å². The maximum absolute atomic E-state index is 13.2. The molecule has 0 spiro atoms. The Hall–Kier alpha value is -4.00. The lowest BCUT2D eigenvalue weighted by Crippen LogP contribution is -2.46. The Morgan fingerprint density at radius 1 is 0.463 bits per heavy atom. The molecule has 0 aromatic rings. The van der Waals surface area contributed by atoms with Crippen molar-refractivity contribution in [3.63, 3.8) is 0 Å². The molecule has 0 aliphatic carbocycles. The Bertz CT molecular complexity index is 1460. The standard InChI is InChI=1S/C61H99NO5/c1-4-7-10-13-16-19-22-25-28-29-30-31-33-36-39-42-45-48-51-54-61(66)67-57(52-49-46-43-40-37-34-27-24-21-18-15-12-9-6-3)55-60(65)62-58(56-63)59(64)53-50-47-44-41-38-35-32-26-23-20-17-14-11-8-5-2/h7,9-10,12,16,18-19,21,25,27-28,30-31,34,36,39-40,43,45,48-49,52,57-59,63-64H,4-6,8,11,13-15,17,20,22-24,26,29,32-33,35,37-38,41-42,44,46-47,50-51,53-56H2,1-3H3,(H,62,65)/b10-7-,12-9+,19-16-,21-18+,28-25-,31-30-,34-27+,39-36-,43-40+,48-45-,52-49+. The molecule has 3 N–H and O–H groups in total. The number of ether oxygens (including phenoxy) is 1. The first-order valence-electron chi connectivity index (χ1n) is 26.9. The summed E-state index contributed by atoms with van der Waals surface area (Å²) >= 11 is 0. The van der Waals surface area contributed by atoms with Crippen molar-refractivity contribution >= 4 is 11.9 Å². The van der Waals surface area contributed by atoms with Crippen molar-refractivity contribution in [1.29, 1.82) is 0 Å². The fourth-order valence-corrected chi connectivity index (χ4v) is 7.24. The van der Waals surface area contributed by atoms with Crippen LogP contribution in [-0.2, 0) is 14.3 Å². The second-order valence-electron chi connectivity index (χ2n) is 17.5. The van der Waals surface area contributed by atoms with E-state index in [1.807, 2.05) is 12.2 Å². The van der Waals surface area contributed by atoms with E-state index < -0.39 is 18.2 Å². The van der Waals surface area contributed by atoms with Gasteiger partial charge < -0.3 is 20.3 Å². The van der Waals surface area contributed by atoms with Crippen LogP contribution in [0.15, 0.2) is 134 Å². The first-order valence-corrected chi connectivity index (χ1v) is 26.9. The maximum Gasteiger partial charge on any atom is 0.306 e. The minimum absolute atomic E-state index is 0.0848. The van der Waals surface area contributed by atoms with Crippen LogP contribution in [0.2, 0.25) is 0 Å². The summed E-state index contributed by atoms with van der Waals surface area (Å²) < 4.78 is 5.78. The number of carbonyl (C=O) groups is 2. The van der Waals surface area contributed by atoms with Crippen LogP contribution in [0.4, 0.5) is 0 Å². The highest BCUT2D eigenvalue weighted by Crippen LogP contribution is 2.15. The number of allylic oxidation sites excluding steroid dienone is 21. The zero-order valence-electron chi connectivity index (χ0n) is 43.0. The summed E-state index contributed by atoms with van der Waals surface area (Å²) in [5, 5.41) is 23.7. The van der Waals surface area contributed by atoms with E-state index in [-0.39, 0.29) is 31.3 Å². The van der Waals surface area contributed by atoms with Gasteiger partial charge in [0.15, 0.2) is 0 Å². The monoisotopic (exact) mass is 926 g/mol. The summed E-state index contributed by atoms with van der Waals surface area (Å²) in [5.74, 6) is -0.741. The number of hydrogen-bond donors (Lipinski definition) is 3. The van der Waals surface area contributed by atoms with Gasteiger partial charge in [-0.05, 0) is 89.5 Å². The predicted molar refractivity (Wildman–Crippen MR) is 291 cm³/mol. The summed E-state index contributed by atoms with van der Waals surface area (Å²) in [7, 11) is 0. The molecule has 0 heterocycles. The van der Waals surface area contributed by atoms with Crippen LogP contribution in [-0.4, -0.2) is 46.9 Å². The van der Waals surface area contributed by atoms with E-state index in [2.05, 4.69) is 142 Å². The number of carbonyl (C=O) groups excluding carboxylic acids is 2. The van der Waals surface area contributed by atoms with Gasteiger partial charge in [-0.2, -0.15) is 0 Å². The minimum atomic E-state index is -0.841. The fraction of sp³-hybridized carbons (Fsp3) is 0.607. The third-order valence-electron chi connectivity index (χ3n) is 11.2. The average molecular weight is 926 g/mol. The molecule has 0 radical (unpaired) electrons. The van der Waals surface area contributed by atoms with E-state index in [9.17, 15) is 19.8 Å². The molecule has 0 fully saturated rings. The fourth-order valence-electron chi connectivity index (χ4n) is 7.24. The lowest BCUT2D eigenvalue weighted by atomic mass is 10.0. The van der Waals surface area contributed by atoms with Crippen molar-refractivity contribution in [2.75, 3.05) is 6.61 Å². The van der Waals surface area contributed by atoms with Gasteiger partial charge in [0, 0.05) is 6.42 Å². The smallest absolute Gasteiger partial charge is 0.306 e. The SMILES string of the molecule is CC/C=C\C/C=C\C/C=C\C/C=C\C/C=C\C/C=C\CCC(=O)OC(/C=C/C/C=C/C/C=C/C/C=C/C/C=C/CC)CC(=O)NC(CO)C(O)CCCCCCCCCCCCCCCCC. The van der Waals surface area contributed by atoms with Gasteiger partial charge in [0.2, 0.25) is 5.91 Å². The molecule has 67 heavy (non-hydrogen) atoms. The van der Waals surface area contributed by atoms with Gasteiger partial charge in [0.05, 0.1) is 25.2 Å². The second-order valence-corrected chi connectivity index (χ2v) is 17.5. The molecule has 0 saturated heterocycles. The molecule has 378 valence electrons. The van der Waals surface area contributed by atoms with Crippen LogP contribution in [0, 0.1) is 0 Å². The first kappa shape index (κ1) is 63.0. The largest absolute Gasteiger partial charge is 0.458 e. The molecule has 6 heteroatoms. The Morgan fingerprint density at radius 3 is 1.18 bits per heavy atom. The lowest BCUT2D eigenvalue weighted by Gasteiger charge is -2.23. The molecule has 0 aromatic carbocycles. The van der Waals surface area contributed by atoms with Gasteiger partial charge in [0.25, 0.3) is 0 Å². The van der Waals surface area contributed by atoms with Gasteiger partial charge in [-0.15, -0.1) is 0 Å². The third-order valence-corrected chi connectivity index (χ3v) is 11.2. The van der Waals surface area contributed by atoms with E-state index in [1.54, 1.807) is 6.08 Å². The lowest BCUT2D eigenvalue weighted by molar-refractivity contribution is -0.148. The Kier molecular flexibility index (Phi) is 49.8. The number of aliphatic hydroxyl groups is 2. The average Bonchev–Trinajstić information content (AvgIpc) is 3.32. The van der Waals surface area contributed by atoms with Crippen molar-refractivity contribution in [3.05, 3.63) is 134 Å². The number of hydrogen-bond acceptors (Lipinski definition) is 5. The van der Waals surface area contributed by atoms with E-state index in [4.69, 9.17) is 4.74 Å². The summed E-state index contributed by atoms with van der Waals surface area (Å²) in [6.07, 6.45) is 75.5. The van der Waals surface area contributed by atoms with Gasteiger partial charge >= 0.3 is 5.97 Å².